The Labute approximate surface area is 175 Å². The topological polar surface area (TPSA) is 103 Å². The van der Waals surface area contributed by atoms with Crippen molar-refractivity contribution in [3.05, 3.63) is 60.4 Å². The third kappa shape index (κ3) is 3.83. The number of hydrogen-bond acceptors (Lipinski definition) is 8. The second-order valence-electron chi connectivity index (χ2n) is 6.07. The van der Waals surface area contributed by atoms with Crippen molar-refractivity contribution in [1.82, 2.24) is 9.97 Å². The zero-order chi connectivity index (χ0) is 21.1. The number of hydrogen-bond donors (Lipinski definition) is 2. The molecule has 2 N–H and O–H groups in total. The normalized spacial score (nSPS) is 10.6. The van der Waals surface area contributed by atoms with Gasteiger partial charge in [-0.1, -0.05) is 29.5 Å². The van der Waals surface area contributed by atoms with Crippen molar-refractivity contribution < 1.29 is 24.1 Å². The van der Waals surface area contributed by atoms with Crippen LogP contribution in [-0.2, 0) is 0 Å². The van der Waals surface area contributed by atoms with Gasteiger partial charge in [0, 0.05) is 24.4 Å². The number of aromatic nitrogens is 2. The minimum atomic E-state index is -0.599. The van der Waals surface area contributed by atoms with Crippen LogP contribution in [0.4, 0.5) is 5.13 Å². The highest BCUT2D eigenvalue weighted by Gasteiger charge is 2.19. The van der Waals surface area contributed by atoms with Gasteiger partial charge in [-0.3, -0.25) is 10.1 Å². The van der Waals surface area contributed by atoms with E-state index in [4.69, 9.17) is 14.2 Å². The van der Waals surface area contributed by atoms with E-state index in [1.165, 1.54) is 30.7 Å². The highest BCUT2D eigenvalue weighted by molar-refractivity contribution is 7.22. The van der Waals surface area contributed by atoms with E-state index in [2.05, 4.69) is 15.3 Å². The van der Waals surface area contributed by atoms with E-state index in [-0.39, 0.29) is 17.2 Å². The lowest BCUT2D eigenvalue weighted by molar-refractivity contribution is 0.101. The minimum absolute atomic E-state index is 0.153. The summed E-state index contributed by atoms with van der Waals surface area (Å²) in [6.45, 7) is 0. The molecule has 4 aromatic rings. The third-order valence-electron chi connectivity index (χ3n) is 4.19. The van der Waals surface area contributed by atoms with Crippen LogP contribution in [0.15, 0.2) is 54.7 Å². The van der Waals surface area contributed by atoms with Crippen LogP contribution in [0.1, 0.15) is 10.5 Å². The largest absolute Gasteiger partial charge is 0.503 e. The van der Waals surface area contributed by atoms with Crippen LogP contribution in [0, 0.1) is 0 Å². The summed E-state index contributed by atoms with van der Waals surface area (Å²) in [7, 11) is 2.94. The van der Waals surface area contributed by atoms with Gasteiger partial charge in [-0.05, 0) is 12.1 Å². The van der Waals surface area contributed by atoms with Gasteiger partial charge in [0.25, 0.3) is 5.91 Å². The fourth-order valence-electron chi connectivity index (χ4n) is 2.77. The highest BCUT2D eigenvalue weighted by atomic mass is 32.1. The SMILES string of the molecule is COc1cc2nc(NC(=O)c3nccc(OC)c3O)sc2cc1Oc1ccccc1. The summed E-state index contributed by atoms with van der Waals surface area (Å²) < 4.78 is 17.1. The number of rotatable bonds is 6. The number of anilines is 1. The second kappa shape index (κ2) is 8.26. The fourth-order valence-corrected chi connectivity index (χ4v) is 3.64. The van der Waals surface area contributed by atoms with Gasteiger partial charge in [-0.2, -0.15) is 0 Å². The summed E-state index contributed by atoms with van der Waals surface area (Å²) in [4.78, 5) is 20.9. The highest BCUT2D eigenvalue weighted by Crippen LogP contribution is 2.38. The van der Waals surface area contributed by atoms with Gasteiger partial charge < -0.3 is 19.3 Å². The molecule has 30 heavy (non-hydrogen) atoms. The van der Waals surface area contributed by atoms with Crippen molar-refractivity contribution in [2.75, 3.05) is 19.5 Å². The maximum Gasteiger partial charge on any atom is 0.280 e. The summed E-state index contributed by atoms with van der Waals surface area (Å²) in [5.74, 6) is 0.947. The average Bonchev–Trinajstić information content (AvgIpc) is 3.14. The maximum atomic E-state index is 12.5. The summed E-state index contributed by atoms with van der Waals surface area (Å²) in [6, 6.07) is 14.3. The van der Waals surface area contributed by atoms with Crippen LogP contribution < -0.4 is 19.5 Å². The Hall–Kier alpha value is -3.85. The quantitative estimate of drug-likeness (QED) is 0.472. The molecule has 0 saturated carbocycles. The molecule has 2 heterocycles. The predicted molar refractivity (Wildman–Crippen MR) is 113 cm³/mol. The van der Waals surface area contributed by atoms with E-state index in [0.29, 0.717) is 27.9 Å². The number of nitrogens with one attached hydrogen (secondary N) is 1. The zero-order valence-electron chi connectivity index (χ0n) is 16.1. The van der Waals surface area contributed by atoms with Crippen molar-refractivity contribution in [3.8, 4) is 28.7 Å². The number of carbonyl (C=O) groups is 1. The van der Waals surface area contributed by atoms with Crippen molar-refractivity contribution >= 4 is 32.6 Å². The van der Waals surface area contributed by atoms with Crippen molar-refractivity contribution in [2.24, 2.45) is 0 Å². The molecule has 152 valence electrons. The summed E-state index contributed by atoms with van der Waals surface area (Å²) in [6.07, 6.45) is 1.38. The van der Waals surface area contributed by atoms with E-state index in [1.54, 1.807) is 19.2 Å². The van der Waals surface area contributed by atoms with Crippen LogP contribution in [0.25, 0.3) is 10.2 Å². The molecule has 2 aromatic heterocycles. The van der Waals surface area contributed by atoms with Crippen LogP contribution >= 0.6 is 11.3 Å². The Balaban J connectivity index is 1.62. The van der Waals surface area contributed by atoms with E-state index >= 15 is 0 Å². The van der Waals surface area contributed by atoms with Gasteiger partial charge in [-0.15, -0.1) is 0 Å². The van der Waals surface area contributed by atoms with Gasteiger partial charge in [-0.25, -0.2) is 9.97 Å². The minimum Gasteiger partial charge on any atom is -0.503 e. The van der Waals surface area contributed by atoms with Crippen LogP contribution in [0.2, 0.25) is 0 Å². The number of para-hydroxylation sites is 1. The lowest BCUT2D eigenvalue weighted by atomic mass is 10.3. The Morgan fingerprint density at radius 2 is 1.80 bits per heavy atom. The molecule has 0 atom stereocenters. The zero-order valence-corrected chi connectivity index (χ0v) is 16.9. The Kier molecular flexibility index (Phi) is 5.36. The van der Waals surface area contributed by atoms with Gasteiger partial charge >= 0.3 is 0 Å². The number of carbonyl (C=O) groups excluding carboxylic acids is 1. The number of amides is 1. The molecule has 1 amide bonds. The van der Waals surface area contributed by atoms with Gasteiger partial charge in [0.1, 0.15) is 5.75 Å². The molecule has 0 radical (unpaired) electrons. The fraction of sp³-hybridized carbons (Fsp3) is 0.0952. The number of methoxy groups -OCH3 is 2. The molecular weight excluding hydrogens is 406 g/mol. The number of benzene rings is 2. The summed E-state index contributed by atoms with van der Waals surface area (Å²) in [5, 5.41) is 13.1. The van der Waals surface area contributed by atoms with Crippen molar-refractivity contribution in [2.45, 2.75) is 0 Å². The molecule has 4 rings (SSSR count). The van der Waals surface area contributed by atoms with Gasteiger partial charge in [0.2, 0.25) is 0 Å². The summed E-state index contributed by atoms with van der Waals surface area (Å²) >= 11 is 1.26. The second-order valence-corrected chi connectivity index (χ2v) is 7.10. The molecule has 0 aliphatic rings. The first-order valence-corrected chi connectivity index (χ1v) is 9.65. The van der Waals surface area contributed by atoms with Crippen LogP contribution in [0.3, 0.4) is 0 Å². The predicted octanol–water partition coefficient (Wildman–Crippen LogP) is 4.46. The van der Waals surface area contributed by atoms with Gasteiger partial charge in [0.05, 0.1) is 24.4 Å². The first-order chi connectivity index (χ1) is 14.6. The molecule has 0 spiro atoms. The number of ether oxygens (including phenoxy) is 3. The molecule has 0 saturated heterocycles. The molecule has 0 aliphatic carbocycles. The third-order valence-corrected chi connectivity index (χ3v) is 5.12. The first-order valence-electron chi connectivity index (χ1n) is 8.84. The Morgan fingerprint density at radius 1 is 1.03 bits per heavy atom. The molecule has 8 nitrogen and oxygen atoms in total. The Bertz CT molecular complexity index is 1210. The molecule has 0 fully saturated rings. The van der Waals surface area contributed by atoms with E-state index < -0.39 is 5.91 Å². The number of pyridine rings is 1. The average molecular weight is 423 g/mol. The van der Waals surface area contributed by atoms with E-state index in [9.17, 15) is 9.90 Å². The number of nitrogens with zero attached hydrogens (tertiary/aromatic N) is 2. The smallest absolute Gasteiger partial charge is 0.280 e. The molecule has 9 heteroatoms. The first kappa shape index (κ1) is 19.5. The lowest BCUT2D eigenvalue weighted by Crippen LogP contribution is -2.13. The molecular formula is C21H17N3O5S. The lowest BCUT2D eigenvalue weighted by Gasteiger charge is -2.10. The van der Waals surface area contributed by atoms with E-state index in [0.717, 1.165) is 4.70 Å². The van der Waals surface area contributed by atoms with Crippen molar-refractivity contribution in [3.63, 3.8) is 0 Å². The van der Waals surface area contributed by atoms with Gasteiger partial charge in [0.15, 0.2) is 33.8 Å². The summed E-state index contributed by atoms with van der Waals surface area (Å²) in [5.41, 5.74) is 0.481. The Morgan fingerprint density at radius 3 is 2.53 bits per heavy atom. The molecule has 2 aromatic carbocycles. The van der Waals surface area contributed by atoms with Crippen LogP contribution in [0.5, 0.6) is 28.7 Å². The molecule has 0 bridgehead atoms. The molecule has 0 unspecified atom stereocenters. The van der Waals surface area contributed by atoms with Crippen molar-refractivity contribution in [1.29, 1.82) is 0 Å². The number of thiazole rings is 1. The molecule has 0 aliphatic heterocycles. The number of aromatic hydroxyl groups is 1. The maximum absolute atomic E-state index is 12.5. The van der Waals surface area contributed by atoms with E-state index in [1.807, 2.05) is 30.3 Å². The monoisotopic (exact) mass is 423 g/mol. The number of fused-ring (bicyclic) bond motifs is 1. The standard InChI is InChI=1S/C21H17N3O5S/c1-27-14-8-9-22-18(19(14)25)20(26)24-21-23-13-10-15(28-2)16(11-17(13)30-21)29-12-6-4-3-5-7-12/h3-11,25H,1-2H3,(H,23,24,26). The van der Waals surface area contributed by atoms with Crippen LogP contribution in [-0.4, -0.2) is 35.2 Å².